The molecule has 3 rings (SSSR count). The molecule has 0 saturated carbocycles. The maximum atomic E-state index is 12.0. The second-order valence-corrected chi connectivity index (χ2v) is 6.31. The Morgan fingerprint density at radius 1 is 1.00 bits per heavy atom. The Labute approximate surface area is 149 Å². The molecule has 1 aromatic heterocycles. The van der Waals surface area contributed by atoms with E-state index in [1.807, 2.05) is 35.7 Å². The van der Waals surface area contributed by atoms with Crippen molar-refractivity contribution in [3.63, 3.8) is 0 Å². The van der Waals surface area contributed by atoms with Crippen LogP contribution >= 0.6 is 11.3 Å². The summed E-state index contributed by atoms with van der Waals surface area (Å²) in [5.41, 5.74) is 2.95. The zero-order valence-electron chi connectivity index (χ0n) is 13.7. The van der Waals surface area contributed by atoms with Crippen molar-refractivity contribution in [3.05, 3.63) is 76.8 Å². The van der Waals surface area contributed by atoms with Crippen LogP contribution in [0.5, 0.6) is 0 Å². The maximum absolute atomic E-state index is 12.0. The Bertz CT molecular complexity index is 873. The molecule has 0 unspecified atom stereocenters. The lowest BCUT2D eigenvalue weighted by molar-refractivity contribution is 0.0949. The fraction of sp³-hybridized carbons (Fsp3) is 0.105. The van der Waals surface area contributed by atoms with E-state index in [0.717, 1.165) is 16.5 Å². The Hall–Kier alpha value is -2.99. The molecule has 0 radical (unpaired) electrons. The molecule has 0 spiro atoms. The molecule has 0 aliphatic rings. The van der Waals surface area contributed by atoms with Gasteiger partial charge in [0.05, 0.1) is 12.2 Å². The van der Waals surface area contributed by atoms with E-state index in [1.165, 1.54) is 11.3 Å². The summed E-state index contributed by atoms with van der Waals surface area (Å²) in [6, 6.07) is 16.3. The molecule has 0 aliphatic heterocycles. The molecule has 25 heavy (non-hydrogen) atoms. The highest BCUT2D eigenvalue weighted by atomic mass is 32.1. The predicted molar refractivity (Wildman–Crippen MR) is 99.5 cm³/mol. The van der Waals surface area contributed by atoms with Crippen LogP contribution in [-0.4, -0.2) is 16.7 Å². The molecule has 0 saturated heterocycles. The molecule has 5 nitrogen and oxygen atoms in total. The van der Waals surface area contributed by atoms with Crippen LogP contribution in [0.2, 0.25) is 0 Å². The molecule has 1 heterocycles. The van der Waals surface area contributed by atoms with Crippen molar-refractivity contribution in [1.29, 1.82) is 0 Å². The summed E-state index contributed by atoms with van der Waals surface area (Å²) >= 11 is 1.46. The highest BCUT2D eigenvalue weighted by Crippen LogP contribution is 2.21. The van der Waals surface area contributed by atoms with E-state index in [9.17, 15) is 9.59 Å². The Balaban J connectivity index is 1.57. The minimum absolute atomic E-state index is 0.0391. The SMILES string of the molecule is CC(=O)c1ccc(Nc2nc(CNC(=O)c3ccccc3)cs2)cc1. The van der Waals surface area contributed by atoms with Crippen molar-refractivity contribution in [2.45, 2.75) is 13.5 Å². The third-order valence-electron chi connectivity index (χ3n) is 3.56. The van der Waals surface area contributed by atoms with Gasteiger partial charge >= 0.3 is 0 Å². The number of hydrogen-bond acceptors (Lipinski definition) is 5. The van der Waals surface area contributed by atoms with Crippen molar-refractivity contribution >= 4 is 33.8 Å². The summed E-state index contributed by atoms with van der Waals surface area (Å²) in [6.45, 7) is 1.91. The number of benzene rings is 2. The zero-order chi connectivity index (χ0) is 17.6. The first-order valence-corrected chi connectivity index (χ1v) is 8.65. The molecular weight excluding hydrogens is 334 g/mol. The van der Waals surface area contributed by atoms with Crippen LogP contribution in [0, 0.1) is 0 Å². The van der Waals surface area contributed by atoms with Gasteiger partial charge in [0, 0.05) is 22.2 Å². The molecular formula is C19H17N3O2S. The van der Waals surface area contributed by atoms with Crippen LogP contribution < -0.4 is 10.6 Å². The Kier molecular flexibility index (Phi) is 5.20. The number of nitrogens with one attached hydrogen (secondary N) is 2. The van der Waals surface area contributed by atoms with Gasteiger partial charge in [0.15, 0.2) is 10.9 Å². The number of Topliss-reactive ketones (excluding diaryl/α,β-unsaturated/α-hetero) is 1. The van der Waals surface area contributed by atoms with Crippen LogP contribution in [0.1, 0.15) is 33.3 Å². The smallest absolute Gasteiger partial charge is 0.251 e. The van der Waals surface area contributed by atoms with Crippen molar-refractivity contribution in [2.75, 3.05) is 5.32 Å². The highest BCUT2D eigenvalue weighted by molar-refractivity contribution is 7.13. The number of hydrogen-bond donors (Lipinski definition) is 2. The summed E-state index contributed by atoms with van der Waals surface area (Å²) in [5, 5.41) is 8.68. The fourth-order valence-corrected chi connectivity index (χ4v) is 2.95. The second-order valence-electron chi connectivity index (χ2n) is 5.45. The van der Waals surface area contributed by atoms with Crippen LogP contribution in [0.25, 0.3) is 0 Å². The van der Waals surface area contributed by atoms with Crippen molar-refractivity contribution in [1.82, 2.24) is 10.3 Å². The number of thiazole rings is 1. The highest BCUT2D eigenvalue weighted by Gasteiger charge is 2.07. The molecule has 6 heteroatoms. The molecule has 0 atom stereocenters. The van der Waals surface area contributed by atoms with Crippen molar-refractivity contribution in [3.8, 4) is 0 Å². The van der Waals surface area contributed by atoms with Crippen molar-refractivity contribution < 1.29 is 9.59 Å². The van der Waals surface area contributed by atoms with Gasteiger partial charge in [-0.2, -0.15) is 0 Å². The number of carbonyl (C=O) groups excluding carboxylic acids is 2. The average Bonchev–Trinajstić information content (AvgIpc) is 3.08. The van der Waals surface area contributed by atoms with Crippen LogP contribution in [0.15, 0.2) is 60.0 Å². The van der Waals surface area contributed by atoms with E-state index < -0.39 is 0 Å². The molecule has 0 aliphatic carbocycles. The first-order valence-electron chi connectivity index (χ1n) is 7.77. The summed E-state index contributed by atoms with van der Waals surface area (Å²) < 4.78 is 0. The fourth-order valence-electron chi connectivity index (χ4n) is 2.22. The van der Waals surface area contributed by atoms with Gasteiger partial charge in [-0.1, -0.05) is 18.2 Å². The maximum Gasteiger partial charge on any atom is 0.251 e. The van der Waals surface area contributed by atoms with Gasteiger partial charge in [0.25, 0.3) is 5.91 Å². The standard InChI is InChI=1S/C19H17N3O2S/c1-13(23)14-7-9-16(10-8-14)21-19-22-17(12-25-19)11-20-18(24)15-5-3-2-4-6-15/h2-10,12H,11H2,1H3,(H,20,24)(H,21,22). The van der Waals surface area contributed by atoms with Crippen LogP contribution in [-0.2, 0) is 6.54 Å². The number of rotatable bonds is 6. The van der Waals surface area contributed by atoms with Gasteiger partial charge in [0.2, 0.25) is 0 Å². The summed E-state index contributed by atoms with van der Waals surface area (Å²) in [4.78, 5) is 27.8. The molecule has 126 valence electrons. The van der Waals surface area contributed by atoms with Crippen molar-refractivity contribution in [2.24, 2.45) is 0 Å². The number of aromatic nitrogens is 1. The lowest BCUT2D eigenvalue weighted by atomic mass is 10.1. The lowest BCUT2D eigenvalue weighted by Crippen LogP contribution is -2.22. The Morgan fingerprint density at radius 2 is 1.72 bits per heavy atom. The third-order valence-corrected chi connectivity index (χ3v) is 4.37. The van der Waals surface area contributed by atoms with Gasteiger partial charge < -0.3 is 10.6 Å². The summed E-state index contributed by atoms with van der Waals surface area (Å²) in [5.74, 6) is -0.0832. The van der Waals surface area contributed by atoms with E-state index in [1.54, 1.807) is 31.2 Å². The molecule has 2 aromatic carbocycles. The Morgan fingerprint density at radius 3 is 2.40 bits per heavy atom. The zero-order valence-corrected chi connectivity index (χ0v) is 14.5. The number of nitrogens with zero attached hydrogens (tertiary/aromatic N) is 1. The second kappa shape index (κ2) is 7.72. The molecule has 2 N–H and O–H groups in total. The number of ketones is 1. The quantitative estimate of drug-likeness (QED) is 0.658. The van der Waals surface area contributed by atoms with E-state index >= 15 is 0 Å². The molecule has 0 bridgehead atoms. The molecule has 3 aromatic rings. The average molecular weight is 351 g/mol. The number of anilines is 2. The van der Waals surface area contributed by atoms with E-state index in [2.05, 4.69) is 15.6 Å². The minimum Gasteiger partial charge on any atom is -0.346 e. The monoisotopic (exact) mass is 351 g/mol. The summed E-state index contributed by atoms with van der Waals surface area (Å²) in [7, 11) is 0. The molecule has 0 fully saturated rings. The first kappa shape index (κ1) is 16.9. The first-order chi connectivity index (χ1) is 12.1. The lowest BCUT2D eigenvalue weighted by Gasteiger charge is -2.04. The third kappa shape index (κ3) is 4.51. The van der Waals surface area contributed by atoms with Crippen LogP contribution in [0.4, 0.5) is 10.8 Å². The summed E-state index contributed by atoms with van der Waals surface area (Å²) in [6.07, 6.45) is 0. The number of amides is 1. The number of carbonyl (C=O) groups is 2. The van der Waals surface area contributed by atoms with Crippen LogP contribution in [0.3, 0.4) is 0 Å². The normalized spacial score (nSPS) is 10.3. The van der Waals surface area contributed by atoms with E-state index in [0.29, 0.717) is 17.7 Å². The van der Waals surface area contributed by atoms with Gasteiger partial charge in [0.1, 0.15) is 0 Å². The van der Waals surface area contributed by atoms with Gasteiger partial charge in [-0.05, 0) is 43.3 Å². The van der Waals surface area contributed by atoms with Gasteiger partial charge in [-0.25, -0.2) is 4.98 Å². The van der Waals surface area contributed by atoms with E-state index in [-0.39, 0.29) is 11.7 Å². The van der Waals surface area contributed by atoms with E-state index in [4.69, 9.17) is 0 Å². The minimum atomic E-state index is -0.122. The van der Waals surface area contributed by atoms with Gasteiger partial charge in [-0.3, -0.25) is 9.59 Å². The van der Waals surface area contributed by atoms with Gasteiger partial charge in [-0.15, -0.1) is 11.3 Å². The topological polar surface area (TPSA) is 71.1 Å². The molecule has 1 amide bonds. The predicted octanol–water partition coefficient (Wildman–Crippen LogP) is 4.02. The largest absolute Gasteiger partial charge is 0.346 e.